The van der Waals surface area contributed by atoms with Crippen molar-refractivity contribution in [3.8, 4) is 11.4 Å². The minimum absolute atomic E-state index is 0.0774. The molecule has 0 aliphatic heterocycles. The molecule has 1 aromatic heterocycles. The number of hydrazone groups is 1. The molecule has 0 bridgehead atoms. The molecule has 2 N–H and O–H groups in total. The van der Waals surface area contributed by atoms with Gasteiger partial charge >= 0.3 is 6.18 Å². The van der Waals surface area contributed by atoms with Gasteiger partial charge in [-0.1, -0.05) is 41.4 Å². The third-order valence-electron chi connectivity index (χ3n) is 4.44. The lowest BCUT2D eigenvalue weighted by atomic mass is 10.1. The van der Waals surface area contributed by atoms with E-state index >= 15 is 0 Å². The highest BCUT2D eigenvalue weighted by Crippen LogP contribution is 2.28. The number of aromatic nitrogens is 2. The summed E-state index contributed by atoms with van der Waals surface area (Å²) in [4.78, 5) is 25.1. The Morgan fingerprint density at radius 1 is 1.18 bits per heavy atom. The zero-order valence-corrected chi connectivity index (χ0v) is 18.7. The number of benzene rings is 2. The van der Waals surface area contributed by atoms with Gasteiger partial charge in [-0.05, 0) is 44.2 Å². The highest BCUT2D eigenvalue weighted by Gasteiger charge is 2.41. The van der Waals surface area contributed by atoms with Crippen molar-refractivity contribution in [3.63, 3.8) is 0 Å². The molecule has 0 saturated heterocycles. The molecule has 174 valence electrons. The molecule has 3 aromatic rings. The second-order valence-electron chi connectivity index (χ2n) is 6.86. The quantitative estimate of drug-likeness (QED) is 0.382. The third-order valence-corrected chi connectivity index (χ3v) is 4.97. The Labute approximate surface area is 195 Å². The first-order valence-electron chi connectivity index (χ1n) is 9.43. The molecule has 0 aliphatic rings. The average molecular weight is 501 g/mol. The smallest absolute Gasteiger partial charge is 0.435 e. The first kappa shape index (κ1) is 24.4. The van der Waals surface area contributed by atoms with Gasteiger partial charge in [-0.2, -0.15) is 18.3 Å². The highest BCUT2D eigenvalue weighted by atomic mass is 35.5. The Bertz CT molecular complexity index is 1250. The predicted octanol–water partition coefficient (Wildman–Crippen LogP) is 4.63. The summed E-state index contributed by atoms with van der Waals surface area (Å²) in [6.45, 7) is 2.60. The van der Waals surface area contributed by atoms with Gasteiger partial charge in [-0.3, -0.25) is 14.7 Å². The zero-order valence-electron chi connectivity index (χ0n) is 17.2. The van der Waals surface area contributed by atoms with Crippen molar-refractivity contribution in [2.75, 3.05) is 0 Å². The van der Waals surface area contributed by atoms with E-state index in [1.54, 1.807) is 30.3 Å². The molecule has 1 amide bonds. The fourth-order valence-electron chi connectivity index (χ4n) is 2.86. The number of hydrogen-bond acceptors (Lipinski definition) is 4. The summed E-state index contributed by atoms with van der Waals surface area (Å²) in [5.74, 6) is -0.879. The van der Waals surface area contributed by atoms with E-state index in [1.807, 2.05) is 5.43 Å². The van der Waals surface area contributed by atoms with Gasteiger partial charge in [0.15, 0.2) is 11.8 Å². The van der Waals surface area contributed by atoms with Crippen LogP contribution < -0.4 is 15.7 Å². The fraction of sp³-hybridized carbons (Fsp3) is 0.190. The average Bonchev–Trinajstić information content (AvgIpc) is 3.04. The fourth-order valence-corrected chi connectivity index (χ4v) is 3.32. The maximum atomic E-state index is 13.8. The summed E-state index contributed by atoms with van der Waals surface area (Å²) >= 11 is 11.8. The maximum absolute atomic E-state index is 13.8. The Balaban J connectivity index is 1.88. The Morgan fingerprint density at radius 3 is 2.45 bits per heavy atom. The number of nitrogens with one attached hydrogen (secondary N) is 2. The molecule has 1 atom stereocenters. The molecule has 33 heavy (non-hydrogen) atoms. The highest BCUT2D eigenvalue weighted by molar-refractivity contribution is 6.35. The number of carbonyl (C=O) groups is 1. The molecule has 1 heterocycles. The molecule has 12 heteroatoms. The van der Waals surface area contributed by atoms with Crippen LogP contribution >= 0.6 is 23.2 Å². The summed E-state index contributed by atoms with van der Waals surface area (Å²) in [7, 11) is 0. The van der Waals surface area contributed by atoms with Crippen LogP contribution in [-0.4, -0.2) is 33.7 Å². The molecular formula is C21H17Cl2F3N4O3. The molecule has 0 saturated carbocycles. The van der Waals surface area contributed by atoms with Crippen LogP contribution in [0.2, 0.25) is 10.0 Å². The molecule has 7 nitrogen and oxygen atoms in total. The topological polar surface area (TPSA) is 88.5 Å². The van der Waals surface area contributed by atoms with E-state index in [1.165, 1.54) is 32.0 Å². The molecule has 0 radical (unpaired) electrons. The van der Waals surface area contributed by atoms with Crippen molar-refractivity contribution >= 4 is 34.8 Å². The van der Waals surface area contributed by atoms with E-state index in [0.29, 0.717) is 10.7 Å². The van der Waals surface area contributed by atoms with Crippen LogP contribution in [-0.2, 0) is 4.79 Å². The standard InChI is InChI=1S/C21H17Cl2F3N4O3/c1-11-17(20(32)30(29-11)14-6-4-3-5-7-14)18(21(24,25)26)27-28-19(31)12(2)33-16-9-8-13(22)10-15(16)23/h3-10,12,29H,1-2H3,(H,28,31)/b27-18-/t12-/m1/s1. The van der Waals surface area contributed by atoms with E-state index < -0.39 is 35.0 Å². The number of para-hydroxylation sites is 1. The van der Waals surface area contributed by atoms with Crippen LogP contribution in [0, 0.1) is 6.92 Å². The van der Waals surface area contributed by atoms with Gasteiger partial charge < -0.3 is 4.74 Å². The number of hydrogen-bond donors (Lipinski definition) is 2. The zero-order chi connectivity index (χ0) is 24.3. The number of alkyl halides is 3. The number of rotatable bonds is 6. The monoisotopic (exact) mass is 500 g/mol. The first-order valence-corrected chi connectivity index (χ1v) is 10.2. The molecular weight excluding hydrogens is 484 g/mol. The van der Waals surface area contributed by atoms with Gasteiger partial charge in [0, 0.05) is 10.7 Å². The van der Waals surface area contributed by atoms with Crippen molar-refractivity contribution in [2.24, 2.45) is 5.10 Å². The molecule has 3 rings (SSSR count). The van der Waals surface area contributed by atoms with Gasteiger partial charge in [-0.25, -0.2) is 10.1 Å². The lowest BCUT2D eigenvalue weighted by Crippen LogP contribution is -2.37. The van der Waals surface area contributed by atoms with Crippen LogP contribution in [0.4, 0.5) is 13.2 Å². The number of amides is 1. The molecule has 0 spiro atoms. The normalized spacial score (nSPS) is 13.0. The summed E-state index contributed by atoms with van der Waals surface area (Å²) in [5.41, 5.74) is -1.17. The van der Waals surface area contributed by atoms with Crippen molar-refractivity contribution in [1.29, 1.82) is 0 Å². The van der Waals surface area contributed by atoms with Gasteiger partial charge in [0.1, 0.15) is 5.75 Å². The van der Waals surface area contributed by atoms with Gasteiger partial charge in [0.25, 0.3) is 11.5 Å². The van der Waals surface area contributed by atoms with E-state index in [9.17, 15) is 22.8 Å². The minimum atomic E-state index is -5.03. The maximum Gasteiger partial charge on any atom is 0.435 e. The summed E-state index contributed by atoms with van der Waals surface area (Å²) in [5, 5.41) is 6.27. The number of carbonyl (C=O) groups excluding carboxylic acids is 1. The van der Waals surface area contributed by atoms with Crippen LogP contribution in [0.5, 0.6) is 5.75 Å². The number of H-pyrrole nitrogens is 1. The largest absolute Gasteiger partial charge is 0.479 e. The van der Waals surface area contributed by atoms with Crippen molar-refractivity contribution in [1.82, 2.24) is 15.2 Å². The van der Waals surface area contributed by atoms with Crippen molar-refractivity contribution in [3.05, 3.63) is 80.2 Å². The van der Waals surface area contributed by atoms with E-state index in [2.05, 4.69) is 10.2 Å². The third kappa shape index (κ3) is 5.58. The lowest BCUT2D eigenvalue weighted by Gasteiger charge is -2.15. The first-order chi connectivity index (χ1) is 15.5. The van der Waals surface area contributed by atoms with Gasteiger partial charge in [0.05, 0.1) is 16.3 Å². The number of nitrogens with zero attached hydrogens (tertiary/aromatic N) is 2. The minimum Gasteiger partial charge on any atom is -0.479 e. The summed E-state index contributed by atoms with van der Waals surface area (Å²) in [6.07, 6.45) is -6.28. The van der Waals surface area contributed by atoms with Crippen LogP contribution in [0.3, 0.4) is 0 Å². The van der Waals surface area contributed by atoms with Crippen LogP contribution in [0.1, 0.15) is 18.2 Å². The van der Waals surface area contributed by atoms with Gasteiger partial charge in [-0.15, -0.1) is 0 Å². The predicted molar refractivity (Wildman–Crippen MR) is 118 cm³/mol. The number of halogens is 5. The van der Waals surface area contributed by atoms with E-state index in [-0.39, 0.29) is 16.5 Å². The van der Waals surface area contributed by atoms with E-state index in [0.717, 1.165) is 4.68 Å². The van der Waals surface area contributed by atoms with E-state index in [4.69, 9.17) is 27.9 Å². The van der Waals surface area contributed by atoms with Crippen LogP contribution in [0.15, 0.2) is 58.4 Å². The molecule has 2 aromatic carbocycles. The molecule has 0 fully saturated rings. The Hall–Kier alpha value is -3.24. The lowest BCUT2D eigenvalue weighted by molar-refractivity contribution is -0.127. The summed E-state index contributed by atoms with van der Waals surface area (Å²) < 4.78 is 47.6. The van der Waals surface area contributed by atoms with Crippen molar-refractivity contribution in [2.45, 2.75) is 26.1 Å². The number of aryl methyl sites for hydroxylation is 1. The van der Waals surface area contributed by atoms with Crippen LogP contribution in [0.25, 0.3) is 5.69 Å². The number of aromatic amines is 1. The van der Waals surface area contributed by atoms with Gasteiger partial charge in [0.2, 0.25) is 0 Å². The second-order valence-corrected chi connectivity index (χ2v) is 7.70. The second kappa shape index (κ2) is 9.72. The molecule has 0 aliphatic carbocycles. The number of ether oxygens (including phenoxy) is 1. The molecule has 0 unspecified atom stereocenters. The SMILES string of the molecule is Cc1[nH]n(-c2ccccc2)c(=O)c1/C(=N/NC(=O)[C@@H](C)Oc1ccc(Cl)cc1Cl)C(F)(F)F. The Kier molecular flexibility index (Phi) is 7.19. The van der Waals surface area contributed by atoms with Crippen molar-refractivity contribution < 1.29 is 22.7 Å². The Morgan fingerprint density at radius 2 is 1.85 bits per heavy atom. The summed E-state index contributed by atoms with van der Waals surface area (Å²) in [6, 6.07) is 12.3.